The van der Waals surface area contributed by atoms with Crippen LogP contribution in [-0.4, -0.2) is 35.6 Å². The summed E-state index contributed by atoms with van der Waals surface area (Å²) in [6.07, 6.45) is 5.24. The van der Waals surface area contributed by atoms with Crippen LogP contribution in [0.4, 0.5) is 28.4 Å². The number of aryl methyl sites for hydroxylation is 1. The summed E-state index contributed by atoms with van der Waals surface area (Å²) >= 11 is 0. The Morgan fingerprint density at radius 1 is 1.16 bits per heavy atom. The van der Waals surface area contributed by atoms with Crippen LogP contribution < -0.4 is 31.6 Å². The number of pyridine rings is 2. The van der Waals surface area contributed by atoms with Gasteiger partial charge >= 0.3 is 0 Å². The molecule has 1 amide bonds. The van der Waals surface area contributed by atoms with E-state index in [1.54, 1.807) is 12.3 Å². The smallest absolute Gasteiger partial charge is 0.263 e. The predicted octanol–water partition coefficient (Wildman–Crippen LogP) is 3.24. The van der Waals surface area contributed by atoms with Crippen molar-refractivity contribution in [3.05, 3.63) is 63.7 Å². The van der Waals surface area contributed by atoms with E-state index in [1.807, 2.05) is 25.1 Å². The van der Waals surface area contributed by atoms with E-state index >= 15 is 0 Å². The van der Waals surface area contributed by atoms with Gasteiger partial charge in [0.2, 0.25) is 5.88 Å². The van der Waals surface area contributed by atoms with Crippen molar-refractivity contribution in [2.45, 2.75) is 19.8 Å². The molecule has 0 aliphatic carbocycles. The van der Waals surface area contributed by atoms with Gasteiger partial charge in [0.05, 0.1) is 17.6 Å². The average molecular weight is 432 g/mol. The molecule has 164 valence electrons. The molecule has 4 heterocycles. The summed E-state index contributed by atoms with van der Waals surface area (Å²) in [5.74, 6) is 0.0549. The Labute approximate surface area is 184 Å². The van der Waals surface area contributed by atoms with Gasteiger partial charge in [-0.2, -0.15) is 0 Å². The van der Waals surface area contributed by atoms with Crippen LogP contribution in [0.3, 0.4) is 0 Å². The van der Waals surface area contributed by atoms with Crippen LogP contribution in [-0.2, 0) is 6.42 Å². The zero-order chi connectivity index (χ0) is 22.1. The zero-order valence-electron chi connectivity index (χ0n) is 17.7. The highest BCUT2D eigenvalue weighted by atomic mass is 16.5. The van der Waals surface area contributed by atoms with Gasteiger partial charge in [-0.25, -0.2) is 4.98 Å². The number of aromatic nitrogens is 2. The van der Waals surface area contributed by atoms with E-state index in [9.17, 15) is 9.59 Å². The van der Waals surface area contributed by atoms with Crippen molar-refractivity contribution in [1.82, 2.24) is 9.97 Å². The molecule has 9 nitrogen and oxygen atoms in total. The average Bonchev–Trinajstić information content (AvgIpc) is 2.81. The number of H-pyrrole nitrogens is 1. The second-order valence-electron chi connectivity index (χ2n) is 7.83. The molecule has 0 radical (unpaired) electrons. The zero-order valence-corrected chi connectivity index (χ0v) is 17.7. The monoisotopic (exact) mass is 432 g/mol. The minimum atomic E-state index is -0.491. The lowest BCUT2D eigenvalue weighted by atomic mass is 10.0. The molecule has 32 heavy (non-hydrogen) atoms. The minimum absolute atomic E-state index is 0.000454. The lowest BCUT2D eigenvalue weighted by molar-refractivity contribution is 0.102. The lowest BCUT2D eigenvalue weighted by Gasteiger charge is -2.22. The maximum absolute atomic E-state index is 13.1. The lowest BCUT2D eigenvalue weighted by Crippen LogP contribution is -2.25. The predicted molar refractivity (Wildman–Crippen MR) is 125 cm³/mol. The van der Waals surface area contributed by atoms with Crippen LogP contribution >= 0.6 is 0 Å². The molecule has 3 aromatic rings. The van der Waals surface area contributed by atoms with Crippen LogP contribution in [0.2, 0.25) is 0 Å². The van der Waals surface area contributed by atoms with E-state index in [0.29, 0.717) is 36.1 Å². The van der Waals surface area contributed by atoms with Gasteiger partial charge < -0.3 is 31.0 Å². The molecule has 0 saturated carbocycles. The van der Waals surface area contributed by atoms with E-state index < -0.39 is 11.5 Å². The van der Waals surface area contributed by atoms with Gasteiger partial charge in [-0.1, -0.05) is 6.07 Å². The first-order chi connectivity index (χ1) is 15.6. The van der Waals surface area contributed by atoms with Gasteiger partial charge in [-0.15, -0.1) is 0 Å². The second kappa shape index (κ2) is 8.26. The van der Waals surface area contributed by atoms with E-state index in [0.717, 1.165) is 36.3 Å². The number of aromatic amines is 1. The highest BCUT2D eigenvalue weighted by Crippen LogP contribution is 2.34. The van der Waals surface area contributed by atoms with E-state index in [2.05, 4.69) is 31.2 Å². The molecular weight excluding hydrogens is 408 g/mol. The molecule has 2 aromatic heterocycles. The van der Waals surface area contributed by atoms with Crippen molar-refractivity contribution in [3.63, 3.8) is 0 Å². The molecule has 1 aromatic carbocycles. The highest BCUT2D eigenvalue weighted by molar-refractivity contribution is 6.08. The maximum atomic E-state index is 13.1. The third kappa shape index (κ3) is 3.73. The first-order valence-corrected chi connectivity index (χ1v) is 10.6. The Bertz CT molecular complexity index is 1250. The fourth-order valence-corrected chi connectivity index (χ4v) is 4.03. The van der Waals surface area contributed by atoms with Crippen molar-refractivity contribution in [2.24, 2.45) is 0 Å². The molecule has 0 bridgehead atoms. The summed E-state index contributed by atoms with van der Waals surface area (Å²) in [4.78, 5) is 32.6. The second-order valence-corrected chi connectivity index (χ2v) is 7.83. The van der Waals surface area contributed by atoms with Crippen LogP contribution in [0.15, 0.2) is 41.5 Å². The molecule has 0 saturated heterocycles. The van der Waals surface area contributed by atoms with Crippen molar-refractivity contribution in [3.8, 4) is 5.88 Å². The van der Waals surface area contributed by atoms with Gasteiger partial charge in [0.25, 0.3) is 11.5 Å². The minimum Gasteiger partial charge on any atom is -0.474 e. The van der Waals surface area contributed by atoms with Crippen LogP contribution in [0.1, 0.15) is 27.9 Å². The number of carbonyl (C=O) groups is 1. The van der Waals surface area contributed by atoms with Gasteiger partial charge in [-0.3, -0.25) is 9.59 Å². The number of amides is 1. The Morgan fingerprint density at radius 2 is 2.06 bits per heavy atom. The Morgan fingerprint density at radius 3 is 2.97 bits per heavy atom. The summed E-state index contributed by atoms with van der Waals surface area (Å²) in [7, 11) is 0. The number of carbonyl (C=O) groups excluding carboxylic acids is 1. The van der Waals surface area contributed by atoms with Crippen molar-refractivity contribution in [2.75, 3.05) is 41.0 Å². The number of benzene rings is 1. The Hall–Kier alpha value is -4.01. The maximum Gasteiger partial charge on any atom is 0.263 e. The molecule has 2 aliphatic rings. The molecular formula is C23H24N6O3. The molecule has 0 spiro atoms. The van der Waals surface area contributed by atoms with E-state index in [1.165, 1.54) is 11.8 Å². The quantitative estimate of drug-likeness (QED) is 0.429. The standard InChI is InChI=1S/C23H24N6O3/c1-13-18(12-27-23-20(13)25-9-10-32-23)29-16-6-8-26-21(30)19(16)22(31)28-15-5-4-14-3-2-7-24-17(14)11-15/h4-6,8,11-12,24-25H,2-3,7,9-10H2,1H3,(H,28,31)(H2,26,29,30). The Kier molecular flexibility index (Phi) is 5.14. The van der Waals surface area contributed by atoms with Crippen molar-refractivity contribution in [1.29, 1.82) is 0 Å². The number of fused-ring (bicyclic) bond motifs is 2. The topological polar surface area (TPSA) is 120 Å². The first-order valence-electron chi connectivity index (χ1n) is 10.6. The summed E-state index contributed by atoms with van der Waals surface area (Å²) in [6, 6.07) is 7.42. The summed E-state index contributed by atoms with van der Waals surface area (Å²) in [6.45, 7) is 4.08. The fraction of sp³-hybridized carbons (Fsp3) is 0.261. The van der Waals surface area contributed by atoms with Crippen LogP contribution in [0.25, 0.3) is 0 Å². The van der Waals surface area contributed by atoms with E-state index in [-0.39, 0.29) is 5.56 Å². The molecule has 5 rings (SSSR count). The summed E-state index contributed by atoms with van der Waals surface area (Å²) < 4.78 is 5.57. The molecule has 0 atom stereocenters. The van der Waals surface area contributed by atoms with Gasteiger partial charge in [0, 0.05) is 36.2 Å². The number of nitrogens with one attached hydrogen (secondary N) is 5. The summed E-state index contributed by atoms with van der Waals surface area (Å²) in [5.41, 5.74) is 5.16. The molecule has 9 heteroatoms. The SMILES string of the molecule is Cc1c(Nc2cc[nH]c(=O)c2C(=O)Nc2ccc3c(c2)NCCC3)cnc2c1NCCO2. The number of anilines is 5. The largest absolute Gasteiger partial charge is 0.474 e. The third-order valence-corrected chi connectivity index (χ3v) is 5.71. The molecule has 2 aliphatic heterocycles. The van der Waals surface area contributed by atoms with Gasteiger partial charge in [0.15, 0.2) is 0 Å². The number of nitrogens with zero attached hydrogens (tertiary/aromatic N) is 1. The summed E-state index contributed by atoms with van der Waals surface area (Å²) in [5, 5.41) is 12.7. The first kappa shape index (κ1) is 19.9. The number of rotatable bonds is 4. The molecule has 0 fully saturated rings. The molecule has 0 unspecified atom stereocenters. The molecule has 5 N–H and O–H groups in total. The van der Waals surface area contributed by atoms with Crippen molar-refractivity contribution < 1.29 is 9.53 Å². The van der Waals surface area contributed by atoms with E-state index in [4.69, 9.17) is 4.74 Å². The fourth-order valence-electron chi connectivity index (χ4n) is 4.03. The normalized spacial score (nSPS) is 14.2. The highest BCUT2D eigenvalue weighted by Gasteiger charge is 2.20. The van der Waals surface area contributed by atoms with Crippen LogP contribution in [0.5, 0.6) is 5.88 Å². The number of ether oxygens (including phenoxy) is 1. The number of hydrogen-bond donors (Lipinski definition) is 5. The third-order valence-electron chi connectivity index (χ3n) is 5.71. The van der Waals surface area contributed by atoms with Gasteiger partial charge in [-0.05, 0) is 43.5 Å². The number of hydrogen-bond acceptors (Lipinski definition) is 7. The Balaban J connectivity index is 1.43. The van der Waals surface area contributed by atoms with Crippen molar-refractivity contribution >= 4 is 34.3 Å². The van der Waals surface area contributed by atoms with Crippen LogP contribution in [0, 0.1) is 6.92 Å². The van der Waals surface area contributed by atoms with Gasteiger partial charge in [0.1, 0.15) is 17.9 Å².